The fourth-order valence-electron chi connectivity index (χ4n) is 0.897. The average Bonchev–Trinajstić information content (AvgIpc) is 2.52. The van der Waals surface area contributed by atoms with Crippen molar-refractivity contribution in [2.24, 2.45) is 0 Å². The van der Waals surface area contributed by atoms with Crippen molar-refractivity contribution >= 4 is 29.1 Å². The van der Waals surface area contributed by atoms with Crippen LogP contribution < -0.4 is 0 Å². The first-order chi connectivity index (χ1) is 6.72. The molecule has 0 radical (unpaired) electrons. The molecule has 0 aliphatic carbocycles. The van der Waals surface area contributed by atoms with E-state index in [1.54, 1.807) is 12.1 Å². The molecule has 0 atom stereocenters. The Balaban J connectivity index is 2.18. The maximum atomic E-state index is 11.0. The van der Waals surface area contributed by atoms with Crippen LogP contribution in [0.2, 0.25) is 5.22 Å². The van der Waals surface area contributed by atoms with Crippen LogP contribution in [0.4, 0.5) is 0 Å². The van der Waals surface area contributed by atoms with Gasteiger partial charge < -0.3 is 9.15 Å². The first-order valence-corrected chi connectivity index (χ1v) is 5.58. The van der Waals surface area contributed by atoms with Crippen LogP contribution in [-0.2, 0) is 15.3 Å². The van der Waals surface area contributed by atoms with E-state index in [0.717, 1.165) is 5.76 Å². The van der Waals surface area contributed by atoms with Gasteiger partial charge in [-0.05, 0) is 23.7 Å². The van der Waals surface area contributed by atoms with Crippen LogP contribution in [0.1, 0.15) is 5.76 Å². The van der Waals surface area contributed by atoms with Crippen molar-refractivity contribution in [3.63, 3.8) is 0 Å². The second-order valence-electron chi connectivity index (χ2n) is 2.67. The van der Waals surface area contributed by atoms with E-state index in [4.69, 9.17) is 20.8 Å². The van der Waals surface area contributed by atoms with Crippen LogP contribution in [0.25, 0.3) is 0 Å². The van der Waals surface area contributed by atoms with E-state index < -0.39 is 0 Å². The molecule has 0 spiro atoms. The highest BCUT2D eigenvalue weighted by molar-refractivity contribution is 7.99. The highest BCUT2D eigenvalue weighted by atomic mass is 35.5. The molecule has 0 fully saturated rings. The summed E-state index contributed by atoms with van der Waals surface area (Å²) in [5.41, 5.74) is 0. The monoisotopic (exact) mass is 234 g/mol. The summed E-state index contributed by atoms with van der Waals surface area (Å²) < 4.78 is 9.83. The summed E-state index contributed by atoms with van der Waals surface area (Å²) in [5.74, 6) is 1.95. The maximum absolute atomic E-state index is 11.0. The molecule has 0 bridgehead atoms. The topological polar surface area (TPSA) is 39.4 Å². The number of Topliss-reactive ketones (excluding diaryl/α,β-unsaturated/α-hetero) is 1. The zero-order valence-corrected chi connectivity index (χ0v) is 9.36. The molecular formula is C9H11ClO3S. The lowest BCUT2D eigenvalue weighted by atomic mass is 10.5. The number of hydrogen-bond acceptors (Lipinski definition) is 4. The number of ether oxygens (including phenoxy) is 1. The molecule has 0 N–H and O–H groups in total. The minimum absolute atomic E-state index is 0.0788. The second-order valence-corrected chi connectivity index (χ2v) is 4.03. The third-order valence-corrected chi connectivity index (χ3v) is 2.66. The van der Waals surface area contributed by atoms with Gasteiger partial charge in [-0.25, -0.2) is 0 Å². The number of carbonyl (C=O) groups is 1. The summed E-state index contributed by atoms with van der Waals surface area (Å²) in [6.45, 7) is 0.173. The van der Waals surface area contributed by atoms with Crippen LogP contribution in [0.3, 0.4) is 0 Å². The Kier molecular flexibility index (Phi) is 5.07. The van der Waals surface area contributed by atoms with Gasteiger partial charge >= 0.3 is 0 Å². The number of halogens is 1. The lowest BCUT2D eigenvalue weighted by molar-refractivity contribution is -0.120. The van der Waals surface area contributed by atoms with Crippen molar-refractivity contribution < 1.29 is 13.9 Å². The van der Waals surface area contributed by atoms with Crippen molar-refractivity contribution in [2.45, 2.75) is 5.75 Å². The lowest BCUT2D eigenvalue weighted by Crippen LogP contribution is -2.08. The molecule has 0 saturated carbocycles. The minimum Gasteiger partial charge on any atom is -0.449 e. The molecule has 78 valence electrons. The van der Waals surface area contributed by atoms with Gasteiger partial charge in [-0.3, -0.25) is 4.79 Å². The zero-order valence-electron chi connectivity index (χ0n) is 7.79. The van der Waals surface area contributed by atoms with Gasteiger partial charge in [0.15, 0.2) is 11.0 Å². The van der Waals surface area contributed by atoms with Gasteiger partial charge in [-0.2, -0.15) is 0 Å². The fraction of sp³-hybridized carbons (Fsp3) is 0.444. The average molecular weight is 235 g/mol. The zero-order chi connectivity index (χ0) is 10.4. The maximum Gasteiger partial charge on any atom is 0.193 e. The Morgan fingerprint density at radius 2 is 2.43 bits per heavy atom. The van der Waals surface area contributed by atoms with E-state index >= 15 is 0 Å². The Morgan fingerprint density at radius 1 is 1.64 bits per heavy atom. The first-order valence-electron chi connectivity index (χ1n) is 4.05. The second kappa shape index (κ2) is 6.11. The quantitative estimate of drug-likeness (QED) is 0.758. The predicted octanol–water partition coefficient (Wildman–Crippen LogP) is 2.38. The SMILES string of the molecule is COCC(=O)CSCc1ccc(Cl)o1. The summed E-state index contributed by atoms with van der Waals surface area (Å²) in [4.78, 5) is 11.0. The van der Waals surface area contributed by atoms with Crippen LogP contribution >= 0.6 is 23.4 Å². The summed E-state index contributed by atoms with van der Waals surface area (Å²) in [6.07, 6.45) is 0. The highest BCUT2D eigenvalue weighted by Crippen LogP contribution is 2.18. The van der Waals surface area contributed by atoms with Gasteiger partial charge in [-0.1, -0.05) is 0 Å². The fourth-order valence-corrected chi connectivity index (χ4v) is 1.83. The van der Waals surface area contributed by atoms with E-state index in [1.165, 1.54) is 18.9 Å². The lowest BCUT2D eigenvalue weighted by Gasteiger charge is -1.98. The number of methoxy groups -OCH3 is 1. The third kappa shape index (κ3) is 4.17. The molecule has 0 unspecified atom stereocenters. The largest absolute Gasteiger partial charge is 0.449 e. The third-order valence-electron chi connectivity index (χ3n) is 1.44. The van der Waals surface area contributed by atoms with E-state index in [0.29, 0.717) is 16.7 Å². The molecule has 0 saturated heterocycles. The van der Waals surface area contributed by atoms with Gasteiger partial charge in [0.05, 0.1) is 11.5 Å². The number of ketones is 1. The van der Waals surface area contributed by atoms with Gasteiger partial charge in [-0.15, -0.1) is 11.8 Å². The standard InChI is InChI=1S/C9H11ClO3S/c1-12-4-7(11)5-14-6-8-2-3-9(10)13-8/h2-3H,4-6H2,1H3. The normalized spacial score (nSPS) is 10.4. The van der Waals surface area contributed by atoms with E-state index in [1.807, 2.05) is 0 Å². The van der Waals surface area contributed by atoms with Gasteiger partial charge in [0.1, 0.15) is 12.4 Å². The van der Waals surface area contributed by atoms with Gasteiger partial charge in [0, 0.05) is 7.11 Å². The van der Waals surface area contributed by atoms with Crippen LogP contribution in [0.5, 0.6) is 0 Å². The smallest absolute Gasteiger partial charge is 0.193 e. The Labute approximate surface area is 91.8 Å². The molecular weight excluding hydrogens is 224 g/mol. The molecule has 0 aliphatic heterocycles. The molecule has 3 nitrogen and oxygen atoms in total. The molecule has 5 heteroatoms. The Bertz CT molecular complexity index is 298. The summed E-state index contributed by atoms with van der Waals surface area (Å²) in [7, 11) is 1.51. The molecule has 1 heterocycles. The number of rotatable bonds is 6. The van der Waals surface area contributed by atoms with Crippen molar-refractivity contribution in [3.05, 3.63) is 23.1 Å². The number of carbonyl (C=O) groups excluding carboxylic acids is 1. The van der Waals surface area contributed by atoms with Gasteiger partial charge in [0.2, 0.25) is 0 Å². The van der Waals surface area contributed by atoms with Crippen molar-refractivity contribution in [1.29, 1.82) is 0 Å². The van der Waals surface area contributed by atoms with E-state index in [9.17, 15) is 4.79 Å². The summed E-state index contributed by atoms with van der Waals surface area (Å²) in [5, 5.41) is 0.379. The summed E-state index contributed by atoms with van der Waals surface area (Å²) in [6, 6.07) is 3.49. The van der Waals surface area contributed by atoms with Crippen LogP contribution in [-0.4, -0.2) is 25.3 Å². The molecule has 1 rings (SSSR count). The Hall–Kier alpha value is -0.450. The minimum atomic E-state index is 0.0788. The van der Waals surface area contributed by atoms with Gasteiger partial charge in [0.25, 0.3) is 0 Å². The summed E-state index contributed by atoms with van der Waals surface area (Å²) >= 11 is 7.07. The van der Waals surface area contributed by atoms with Crippen LogP contribution in [0.15, 0.2) is 16.5 Å². The first kappa shape index (κ1) is 11.6. The highest BCUT2D eigenvalue weighted by Gasteiger charge is 2.03. The predicted molar refractivity (Wildman–Crippen MR) is 56.8 cm³/mol. The van der Waals surface area contributed by atoms with Crippen molar-refractivity contribution in [1.82, 2.24) is 0 Å². The molecule has 1 aromatic heterocycles. The molecule has 14 heavy (non-hydrogen) atoms. The number of furan rings is 1. The van der Waals surface area contributed by atoms with E-state index in [2.05, 4.69) is 0 Å². The number of hydrogen-bond donors (Lipinski definition) is 0. The molecule has 0 aromatic carbocycles. The van der Waals surface area contributed by atoms with E-state index in [-0.39, 0.29) is 12.4 Å². The molecule has 0 aliphatic rings. The molecule has 0 amide bonds. The van der Waals surface area contributed by atoms with Crippen LogP contribution in [0, 0.1) is 0 Å². The van der Waals surface area contributed by atoms with Crippen molar-refractivity contribution in [2.75, 3.05) is 19.5 Å². The van der Waals surface area contributed by atoms with Crippen molar-refractivity contribution in [3.8, 4) is 0 Å². The number of thioether (sulfide) groups is 1. The Morgan fingerprint density at radius 3 is 3.00 bits per heavy atom. The molecule has 1 aromatic rings.